The molecule has 15 heavy (non-hydrogen) atoms. The molecular formula is C11H18N2S2. The van der Waals surface area contributed by atoms with E-state index in [1.165, 1.54) is 30.0 Å². The third kappa shape index (κ3) is 3.20. The first kappa shape index (κ1) is 11.4. The minimum absolute atomic E-state index is 0.0778. The Morgan fingerprint density at radius 3 is 3.07 bits per heavy atom. The zero-order valence-corrected chi connectivity index (χ0v) is 10.7. The molecule has 0 aromatic carbocycles. The molecule has 1 fully saturated rings. The Hall–Kier alpha value is -0.0600. The summed E-state index contributed by atoms with van der Waals surface area (Å²) in [5, 5.41) is 4.17. The molecule has 0 amide bonds. The van der Waals surface area contributed by atoms with Crippen LogP contribution >= 0.6 is 23.1 Å². The summed E-state index contributed by atoms with van der Waals surface area (Å²) >= 11 is 3.88. The second kappa shape index (κ2) is 5.32. The minimum Gasteiger partial charge on any atom is -0.323 e. The van der Waals surface area contributed by atoms with Crippen molar-refractivity contribution in [3.05, 3.63) is 16.1 Å². The van der Waals surface area contributed by atoms with Crippen molar-refractivity contribution in [1.82, 2.24) is 4.98 Å². The van der Waals surface area contributed by atoms with E-state index in [1.807, 2.05) is 6.92 Å². The van der Waals surface area contributed by atoms with Gasteiger partial charge in [0.1, 0.15) is 0 Å². The maximum atomic E-state index is 5.80. The van der Waals surface area contributed by atoms with Gasteiger partial charge < -0.3 is 5.73 Å². The van der Waals surface area contributed by atoms with Gasteiger partial charge in [-0.05, 0) is 25.5 Å². The third-order valence-corrected chi connectivity index (χ3v) is 5.00. The molecule has 0 saturated carbocycles. The van der Waals surface area contributed by atoms with E-state index in [1.54, 1.807) is 11.3 Å². The first-order valence-corrected chi connectivity index (χ1v) is 7.50. The number of aromatic nitrogens is 1. The van der Waals surface area contributed by atoms with E-state index in [-0.39, 0.29) is 6.04 Å². The summed E-state index contributed by atoms with van der Waals surface area (Å²) in [5.74, 6) is 1.33. The lowest BCUT2D eigenvalue weighted by atomic mass is 10.1. The van der Waals surface area contributed by atoms with Crippen molar-refractivity contribution in [3.63, 3.8) is 0 Å². The fourth-order valence-electron chi connectivity index (χ4n) is 1.79. The Labute approximate surface area is 99.7 Å². The maximum Gasteiger partial charge on any atom is 0.0940 e. The molecule has 0 bridgehead atoms. The van der Waals surface area contributed by atoms with Crippen LogP contribution in [0.1, 0.15) is 42.9 Å². The number of nitrogens with zero attached hydrogens (tertiary/aromatic N) is 1. The summed E-state index contributed by atoms with van der Waals surface area (Å²) in [6.45, 7) is 1.99. The second-order valence-electron chi connectivity index (χ2n) is 4.15. The molecular weight excluding hydrogens is 224 g/mol. The van der Waals surface area contributed by atoms with Gasteiger partial charge >= 0.3 is 0 Å². The first-order valence-electron chi connectivity index (χ1n) is 5.57. The highest BCUT2D eigenvalue weighted by molar-refractivity contribution is 7.99. The van der Waals surface area contributed by atoms with Crippen molar-refractivity contribution >= 4 is 23.1 Å². The molecule has 2 nitrogen and oxygen atoms in total. The van der Waals surface area contributed by atoms with Crippen molar-refractivity contribution in [1.29, 1.82) is 0 Å². The monoisotopic (exact) mass is 242 g/mol. The van der Waals surface area contributed by atoms with Gasteiger partial charge in [-0.3, -0.25) is 0 Å². The van der Waals surface area contributed by atoms with Crippen molar-refractivity contribution < 1.29 is 0 Å². The lowest BCUT2D eigenvalue weighted by Gasteiger charge is -2.19. The van der Waals surface area contributed by atoms with Crippen molar-refractivity contribution in [2.75, 3.05) is 5.75 Å². The Morgan fingerprint density at radius 2 is 2.47 bits per heavy atom. The first-order chi connectivity index (χ1) is 7.25. The highest BCUT2D eigenvalue weighted by Gasteiger charge is 2.16. The summed E-state index contributed by atoms with van der Waals surface area (Å²) in [6.07, 6.45) is 5.28. The van der Waals surface area contributed by atoms with Gasteiger partial charge in [0, 0.05) is 23.1 Å². The fourth-order valence-corrected chi connectivity index (χ4v) is 4.19. The molecule has 1 aliphatic rings. The molecule has 0 spiro atoms. The van der Waals surface area contributed by atoms with Crippen LogP contribution in [0.25, 0.3) is 0 Å². The molecule has 1 aliphatic heterocycles. The van der Waals surface area contributed by atoms with Gasteiger partial charge in [-0.2, -0.15) is 11.8 Å². The van der Waals surface area contributed by atoms with Gasteiger partial charge in [0.25, 0.3) is 0 Å². The number of hydrogen-bond acceptors (Lipinski definition) is 4. The summed E-state index contributed by atoms with van der Waals surface area (Å²) in [7, 11) is 0. The van der Waals surface area contributed by atoms with Gasteiger partial charge in [0.05, 0.1) is 10.7 Å². The molecule has 0 aliphatic carbocycles. The number of hydrogen-bond donors (Lipinski definition) is 1. The van der Waals surface area contributed by atoms with Crippen LogP contribution in [-0.2, 0) is 6.42 Å². The van der Waals surface area contributed by atoms with Crippen molar-refractivity contribution in [3.8, 4) is 0 Å². The molecule has 2 unspecified atom stereocenters. The summed E-state index contributed by atoms with van der Waals surface area (Å²) in [6, 6.07) is 0.0778. The van der Waals surface area contributed by atoms with E-state index < -0.39 is 0 Å². The highest BCUT2D eigenvalue weighted by atomic mass is 32.2. The van der Waals surface area contributed by atoms with Gasteiger partial charge in [0.2, 0.25) is 0 Å². The Balaban J connectivity index is 1.91. The zero-order chi connectivity index (χ0) is 10.7. The van der Waals surface area contributed by atoms with Crippen LogP contribution in [0.5, 0.6) is 0 Å². The van der Waals surface area contributed by atoms with E-state index >= 15 is 0 Å². The topological polar surface area (TPSA) is 38.9 Å². The molecule has 2 heterocycles. The van der Waals surface area contributed by atoms with Crippen LogP contribution in [0.15, 0.2) is 5.38 Å². The average Bonchev–Trinajstić information content (AvgIpc) is 2.68. The molecule has 2 rings (SSSR count). The van der Waals surface area contributed by atoms with Crippen LogP contribution in [0.4, 0.5) is 0 Å². The molecule has 2 N–H and O–H groups in total. The summed E-state index contributed by atoms with van der Waals surface area (Å²) < 4.78 is 0. The van der Waals surface area contributed by atoms with E-state index in [9.17, 15) is 0 Å². The molecule has 1 saturated heterocycles. The SMILES string of the molecule is CC(N)c1csc(CC2CCCCS2)n1. The Bertz CT molecular complexity index is 303. The van der Waals surface area contributed by atoms with E-state index in [0.717, 1.165) is 17.4 Å². The van der Waals surface area contributed by atoms with Crippen LogP contribution in [0.2, 0.25) is 0 Å². The standard InChI is InChI=1S/C11H18N2S2/c1-8(12)10-7-15-11(13-10)6-9-4-2-3-5-14-9/h7-9H,2-6,12H2,1H3. The number of thioether (sulfide) groups is 1. The predicted molar refractivity (Wildman–Crippen MR) is 68.5 cm³/mol. The third-order valence-electron chi connectivity index (χ3n) is 2.71. The smallest absolute Gasteiger partial charge is 0.0940 e. The van der Waals surface area contributed by atoms with Gasteiger partial charge in [-0.25, -0.2) is 4.98 Å². The summed E-state index contributed by atoms with van der Waals surface area (Å²) in [4.78, 5) is 4.58. The molecule has 1 aromatic rings. The molecule has 0 radical (unpaired) electrons. The largest absolute Gasteiger partial charge is 0.323 e. The maximum absolute atomic E-state index is 5.80. The lowest BCUT2D eigenvalue weighted by Crippen LogP contribution is -2.12. The lowest BCUT2D eigenvalue weighted by molar-refractivity contribution is 0.657. The van der Waals surface area contributed by atoms with Gasteiger partial charge in [-0.15, -0.1) is 11.3 Å². The molecule has 1 aromatic heterocycles. The Kier molecular flexibility index (Phi) is 4.05. The number of thiazole rings is 1. The van der Waals surface area contributed by atoms with Crippen molar-refractivity contribution in [2.45, 2.75) is 43.9 Å². The molecule has 4 heteroatoms. The number of nitrogens with two attached hydrogens (primary N) is 1. The quantitative estimate of drug-likeness (QED) is 0.885. The van der Waals surface area contributed by atoms with Crippen LogP contribution in [0.3, 0.4) is 0 Å². The van der Waals surface area contributed by atoms with Crippen LogP contribution in [-0.4, -0.2) is 16.0 Å². The molecule has 2 atom stereocenters. The van der Waals surface area contributed by atoms with E-state index in [4.69, 9.17) is 5.73 Å². The molecule has 84 valence electrons. The zero-order valence-electron chi connectivity index (χ0n) is 9.11. The van der Waals surface area contributed by atoms with Gasteiger partial charge in [0.15, 0.2) is 0 Å². The van der Waals surface area contributed by atoms with Crippen LogP contribution < -0.4 is 5.73 Å². The van der Waals surface area contributed by atoms with Crippen molar-refractivity contribution in [2.24, 2.45) is 5.73 Å². The Morgan fingerprint density at radius 1 is 1.60 bits per heavy atom. The normalized spacial score (nSPS) is 24.0. The van der Waals surface area contributed by atoms with E-state index in [0.29, 0.717) is 0 Å². The average molecular weight is 242 g/mol. The van der Waals surface area contributed by atoms with E-state index in [2.05, 4.69) is 22.1 Å². The second-order valence-corrected chi connectivity index (χ2v) is 6.50. The highest BCUT2D eigenvalue weighted by Crippen LogP contribution is 2.29. The fraction of sp³-hybridized carbons (Fsp3) is 0.727. The number of rotatable bonds is 3. The van der Waals surface area contributed by atoms with Crippen LogP contribution in [0, 0.1) is 0 Å². The van der Waals surface area contributed by atoms with Gasteiger partial charge in [-0.1, -0.05) is 6.42 Å². The summed E-state index contributed by atoms with van der Waals surface area (Å²) in [5.41, 5.74) is 6.85. The minimum atomic E-state index is 0.0778. The predicted octanol–water partition coefficient (Wildman–Crippen LogP) is 2.99.